The quantitative estimate of drug-likeness (QED) is 0.398. The van der Waals surface area contributed by atoms with Crippen molar-refractivity contribution in [1.29, 1.82) is 0 Å². The largest absolute Gasteiger partial charge is 0.605 e. The van der Waals surface area contributed by atoms with Crippen LogP contribution in [-0.2, 0) is 23.7 Å². The number of fused-ring (bicyclic) bond motifs is 1. The third kappa shape index (κ3) is 5.59. The summed E-state index contributed by atoms with van der Waals surface area (Å²) in [6, 6.07) is 12.7. The highest BCUT2D eigenvalue weighted by atomic mass is 16.7. The van der Waals surface area contributed by atoms with Crippen LogP contribution < -0.4 is 10.6 Å². The molecule has 12 heteroatoms. The Morgan fingerprint density at radius 1 is 1.05 bits per heavy atom. The van der Waals surface area contributed by atoms with Gasteiger partial charge in [0.25, 0.3) is 11.9 Å². The van der Waals surface area contributed by atoms with Crippen LogP contribution in [0, 0.1) is 5.92 Å². The third-order valence-corrected chi connectivity index (χ3v) is 8.03. The van der Waals surface area contributed by atoms with Crippen LogP contribution in [0.1, 0.15) is 51.0 Å². The molecule has 2 amide bonds. The van der Waals surface area contributed by atoms with Gasteiger partial charge in [0, 0.05) is 12.6 Å². The van der Waals surface area contributed by atoms with Crippen molar-refractivity contribution < 1.29 is 38.0 Å². The van der Waals surface area contributed by atoms with Crippen LogP contribution in [-0.4, -0.2) is 82.6 Å². The lowest BCUT2D eigenvalue weighted by Gasteiger charge is -2.57. The van der Waals surface area contributed by atoms with E-state index in [9.17, 15) is 24.3 Å². The molecule has 4 rings (SSSR count). The molecule has 0 spiro atoms. The molecule has 6 atom stereocenters. The van der Waals surface area contributed by atoms with Gasteiger partial charge >= 0.3 is 12.7 Å². The SMILES string of the molecule is CC(C)C[C@H](NC(=O)[C@@H](NC(=O)c1cccc(-c2ccccc2)n1)[C@@H](C)O)[B-]12OC(=O)C[C@H](C)[N+]1(C)CC(=O)O2. The summed E-state index contributed by atoms with van der Waals surface area (Å²) in [4.78, 5) is 56.4. The second-order valence-electron chi connectivity index (χ2n) is 11.5. The van der Waals surface area contributed by atoms with Gasteiger partial charge in [-0.2, -0.15) is 0 Å². The van der Waals surface area contributed by atoms with Gasteiger partial charge in [-0.15, -0.1) is 0 Å². The minimum absolute atomic E-state index is 0.00109. The number of carbonyl (C=O) groups is 4. The van der Waals surface area contributed by atoms with Crippen LogP contribution in [0.3, 0.4) is 0 Å². The van der Waals surface area contributed by atoms with Crippen LogP contribution in [0.15, 0.2) is 48.5 Å². The summed E-state index contributed by atoms with van der Waals surface area (Å²) in [5.74, 6) is -3.23. The Balaban J connectivity index is 1.59. The van der Waals surface area contributed by atoms with Gasteiger partial charge in [0.15, 0.2) is 0 Å². The first-order valence-electron chi connectivity index (χ1n) is 13.6. The molecule has 2 aromatic rings. The Bertz CT molecular complexity index is 1290. The number of carbonyl (C=O) groups excluding carboxylic acids is 4. The molecule has 2 fully saturated rings. The molecule has 214 valence electrons. The number of hydrogen-bond donors (Lipinski definition) is 3. The first-order valence-corrected chi connectivity index (χ1v) is 13.6. The number of nitrogens with zero attached hydrogens (tertiary/aromatic N) is 2. The van der Waals surface area contributed by atoms with Crippen LogP contribution in [0.5, 0.6) is 0 Å². The summed E-state index contributed by atoms with van der Waals surface area (Å²) in [5, 5.41) is 16.0. The molecule has 2 saturated heterocycles. The van der Waals surface area contributed by atoms with Crippen LogP contribution in [0.4, 0.5) is 0 Å². The zero-order chi connectivity index (χ0) is 29.2. The number of aliphatic hydroxyl groups excluding tert-OH is 1. The molecular weight excluding hydrogens is 515 g/mol. The molecular formula is C28H37BN4O7. The molecule has 2 aliphatic rings. The van der Waals surface area contributed by atoms with Gasteiger partial charge in [0.2, 0.25) is 5.91 Å². The first kappa shape index (κ1) is 29.2. The minimum Gasteiger partial charge on any atom is -0.603 e. The number of benzene rings is 1. The highest BCUT2D eigenvalue weighted by Gasteiger charge is 2.68. The summed E-state index contributed by atoms with van der Waals surface area (Å²) < 4.78 is 11.6. The van der Waals surface area contributed by atoms with Crippen molar-refractivity contribution in [3.8, 4) is 11.3 Å². The molecule has 2 aliphatic heterocycles. The zero-order valence-electron chi connectivity index (χ0n) is 23.5. The number of aliphatic hydroxyl groups is 1. The summed E-state index contributed by atoms with van der Waals surface area (Å²) in [6.07, 6.45) is -0.834. The molecule has 40 heavy (non-hydrogen) atoms. The van der Waals surface area contributed by atoms with Gasteiger partial charge in [-0.25, -0.2) is 4.98 Å². The first-order chi connectivity index (χ1) is 18.9. The fourth-order valence-corrected chi connectivity index (χ4v) is 5.74. The smallest absolute Gasteiger partial charge is 0.603 e. The Kier molecular flexibility index (Phi) is 8.32. The number of likely N-dealkylation sites (N-methyl/N-ethyl adjacent to an activating group) is 1. The minimum atomic E-state index is -2.66. The lowest BCUT2D eigenvalue weighted by atomic mass is 9.55. The van der Waals surface area contributed by atoms with E-state index in [1.807, 2.05) is 51.1 Å². The predicted octanol–water partition coefficient (Wildman–Crippen LogP) is 1.58. The molecule has 1 aromatic carbocycles. The average Bonchev–Trinajstić information content (AvgIpc) is 3.17. The summed E-state index contributed by atoms with van der Waals surface area (Å²) in [5.41, 5.74) is 1.48. The van der Waals surface area contributed by atoms with Crippen molar-refractivity contribution in [3.05, 3.63) is 54.2 Å². The standard InChI is InChI=1S/C28H37BN4O7/c1-17(2)14-23(29-33(5,16-25(36)40-29)18(3)15-24(35)39-29)31-28(38)26(19(4)34)32-27(37)22-13-9-12-21(30-22)20-10-7-6-8-11-20/h6-13,17-19,23,26,34H,14-16H2,1-5H3,(H,31,38)(H,32,37)/t18-,19+,23-,26-,29?,33?/m0/s1. The van der Waals surface area contributed by atoms with Gasteiger partial charge in [0.1, 0.15) is 18.3 Å². The van der Waals surface area contributed by atoms with E-state index >= 15 is 0 Å². The van der Waals surface area contributed by atoms with Gasteiger partial charge in [-0.3, -0.25) is 19.2 Å². The van der Waals surface area contributed by atoms with Crippen molar-refractivity contribution in [2.45, 2.75) is 64.7 Å². The Hall–Kier alpha value is -3.77. The molecule has 11 nitrogen and oxygen atoms in total. The van der Waals surface area contributed by atoms with Gasteiger partial charge in [-0.05, 0) is 38.3 Å². The number of rotatable bonds is 9. The lowest BCUT2D eigenvalue weighted by molar-refractivity contribution is -0.840. The van der Waals surface area contributed by atoms with E-state index in [-0.39, 0.29) is 35.0 Å². The summed E-state index contributed by atoms with van der Waals surface area (Å²) >= 11 is 0. The van der Waals surface area contributed by atoms with Crippen LogP contribution >= 0.6 is 0 Å². The van der Waals surface area contributed by atoms with E-state index in [1.165, 1.54) is 13.0 Å². The van der Waals surface area contributed by atoms with E-state index in [0.29, 0.717) is 12.1 Å². The number of hydrogen-bond acceptors (Lipinski definition) is 8. The highest BCUT2D eigenvalue weighted by Crippen LogP contribution is 2.40. The maximum atomic E-state index is 13.6. The molecule has 0 bridgehead atoms. The molecule has 0 saturated carbocycles. The van der Waals surface area contributed by atoms with E-state index in [1.54, 1.807) is 19.2 Å². The highest BCUT2D eigenvalue weighted by molar-refractivity contribution is 6.67. The van der Waals surface area contributed by atoms with Crippen molar-refractivity contribution in [2.75, 3.05) is 13.6 Å². The summed E-state index contributed by atoms with van der Waals surface area (Å²) in [7, 11) is 1.79. The summed E-state index contributed by atoms with van der Waals surface area (Å²) in [6.45, 7) is 4.44. The Morgan fingerprint density at radius 3 is 2.38 bits per heavy atom. The van der Waals surface area contributed by atoms with Gasteiger partial charge in [0.05, 0.1) is 30.2 Å². The van der Waals surface area contributed by atoms with E-state index in [4.69, 9.17) is 9.31 Å². The topological polar surface area (TPSA) is 144 Å². The monoisotopic (exact) mass is 552 g/mol. The van der Waals surface area contributed by atoms with E-state index in [0.717, 1.165) is 5.56 Å². The molecule has 0 radical (unpaired) electrons. The van der Waals surface area contributed by atoms with Crippen LogP contribution in [0.2, 0.25) is 0 Å². The molecule has 3 heterocycles. The zero-order valence-corrected chi connectivity index (χ0v) is 23.5. The second-order valence-corrected chi connectivity index (χ2v) is 11.5. The number of pyridine rings is 1. The normalized spacial score (nSPS) is 26.2. The maximum Gasteiger partial charge on any atom is 0.605 e. The fourth-order valence-electron chi connectivity index (χ4n) is 5.74. The van der Waals surface area contributed by atoms with Crippen molar-refractivity contribution in [3.63, 3.8) is 0 Å². The average molecular weight is 552 g/mol. The molecule has 0 aliphatic carbocycles. The Morgan fingerprint density at radius 2 is 1.73 bits per heavy atom. The van der Waals surface area contributed by atoms with Gasteiger partial charge in [-0.1, -0.05) is 50.2 Å². The number of nitrogens with one attached hydrogen (secondary N) is 2. The van der Waals surface area contributed by atoms with E-state index < -0.39 is 48.5 Å². The number of aromatic nitrogens is 1. The maximum absolute atomic E-state index is 13.6. The predicted molar refractivity (Wildman–Crippen MR) is 147 cm³/mol. The van der Waals surface area contributed by atoms with Crippen molar-refractivity contribution in [1.82, 2.24) is 15.6 Å². The molecule has 3 N–H and O–H groups in total. The molecule has 1 aromatic heterocycles. The van der Waals surface area contributed by atoms with Gasteiger partial charge < -0.3 is 29.4 Å². The number of amides is 2. The lowest BCUT2D eigenvalue weighted by Crippen LogP contribution is -2.80. The second kappa shape index (κ2) is 11.4. The van der Waals surface area contributed by atoms with Crippen molar-refractivity contribution >= 4 is 30.4 Å². The molecule has 2 unspecified atom stereocenters. The van der Waals surface area contributed by atoms with Crippen molar-refractivity contribution in [2.24, 2.45) is 5.92 Å². The van der Waals surface area contributed by atoms with Crippen LogP contribution in [0.25, 0.3) is 11.3 Å². The fraction of sp³-hybridized carbons (Fsp3) is 0.464. The third-order valence-electron chi connectivity index (χ3n) is 8.03. The Labute approximate surface area is 233 Å². The van der Waals surface area contributed by atoms with E-state index in [2.05, 4.69) is 15.6 Å². The number of quaternary nitrogens is 1.